The Bertz CT molecular complexity index is 1110. The summed E-state index contributed by atoms with van der Waals surface area (Å²) in [7, 11) is 0. The van der Waals surface area contributed by atoms with Gasteiger partial charge < -0.3 is 10.6 Å². The van der Waals surface area contributed by atoms with Crippen LogP contribution in [0.25, 0.3) is 0 Å². The van der Waals surface area contributed by atoms with Crippen LogP contribution in [0.15, 0.2) is 72.8 Å². The summed E-state index contributed by atoms with van der Waals surface area (Å²) in [6.07, 6.45) is 0. The maximum absolute atomic E-state index is 13.3. The van der Waals surface area contributed by atoms with Crippen LogP contribution in [0.4, 0.5) is 21.5 Å². The van der Waals surface area contributed by atoms with Crippen LogP contribution in [0.5, 0.6) is 0 Å². The summed E-state index contributed by atoms with van der Waals surface area (Å²) in [5.41, 5.74) is 2.24. The highest BCUT2D eigenvalue weighted by Crippen LogP contribution is 2.30. The number of nitrogens with zero attached hydrogens (tertiary/aromatic N) is 1. The molecule has 1 heterocycles. The van der Waals surface area contributed by atoms with E-state index >= 15 is 0 Å². The van der Waals surface area contributed by atoms with Crippen molar-refractivity contribution in [2.45, 2.75) is 0 Å². The highest BCUT2D eigenvalue weighted by atomic mass is 19.1. The number of benzene rings is 3. The predicted molar refractivity (Wildman–Crippen MR) is 108 cm³/mol. The molecule has 4 rings (SSSR count). The summed E-state index contributed by atoms with van der Waals surface area (Å²) in [5, 5.41) is 5.40. The van der Waals surface area contributed by atoms with E-state index in [0.717, 1.165) is 6.07 Å². The van der Waals surface area contributed by atoms with Crippen LogP contribution in [-0.4, -0.2) is 24.3 Å². The Hall–Kier alpha value is -4.00. The van der Waals surface area contributed by atoms with Crippen LogP contribution in [0.3, 0.4) is 0 Å². The molecule has 3 aromatic rings. The summed E-state index contributed by atoms with van der Waals surface area (Å²) in [6.45, 7) is -0.0755. The van der Waals surface area contributed by atoms with E-state index in [1.165, 1.54) is 23.1 Å². The molecule has 0 bridgehead atoms. The van der Waals surface area contributed by atoms with Crippen LogP contribution in [0.1, 0.15) is 20.7 Å². The van der Waals surface area contributed by atoms with E-state index in [1.807, 2.05) is 0 Å². The third-order valence-electron chi connectivity index (χ3n) is 4.49. The lowest BCUT2D eigenvalue weighted by Crippen LogP contribution is -2.42. The molecule has 6 nitrogen and oxygen atoms in total. The van der Waals surface area contributed by atoms with Gasteiger partial charge in [-0.1, -0.05) is 18.2 Å². The number of amides is 3. The lowest BCUT2D eigenvalue weighted by molar-refractivity contribution is -0.115. The van der Waals surface area contributed by atoms with Crippen molar-refractivity contribution in [1.82, 2.24) is 0 Å². The number of hydrogen-bond donors (Lipinski definition) is 2. The molecule has 0 spiro atoms. The van der Waals surface area contributed by atoms with Gasteiger partial charge in [0.2, 0.25) is 5.91 Å². The van der Waals surface area contributed by atoms with Crippen LogP contribution in [0.2, 0.25) is 0 Å². The van der Waals surface area contributed by atoms with Gasteiger partial charge in [-0.15, -0.1) is 0 Å². The fourth-order valence-electron chi connectivity index (χ4n) is 3.10. The van der Waals surface area contributed by atoms with Gasteiger partial charge in [-0.25, -0.2) is 4.39 Å². The van der Waals surface area contributed by atoms with E-state index in [0.29, 0.717) is 22.6 Å². The van der Waals surface area contributed by atoms with Crippen LogP contribution < -0.4 is 15.5 Å². The highest BCUT2D eigenvalue weighted by Gasteiger charge is 2.27. The quantitative estimate of drug-likeness (QED) is 0.717. The summed E-state index contributed by atoms with van der Waals surface area (Å²) in [5.74, 6) is -1.54. The Labute approximate surface area is 166 Å². The van der Waals surface area contributed by atoms with E-state index in [1.54, 1.807) is 48.5 Å². The van der Waals surface area contributed by atoms with Gasteiger partial charge in [0.25, 0.3) is 11.8 Å². The van der Waals surface area contributed by atoms with E-state index in [-0.39, 0.29) is 23.9 Å². The molecule has 3 aromatic carbocycles. The Morgan fingerprint density at radius 3 is 2.45 bits per heavy atom. The lowest BCUT2D eigenvalue weighted by atomic mass is 10.1. The molecule has 0 saturated heterocycles. The van der Waals surface area contributed by atoms with Crippen LogP contribution in [-0.2, 0) is 4.79 Å². The van der Waals surface area contributed by atoms with Crippen molar-refractivity contribution >= 4 is 34.8 Å². The summed E-state index contributed by atoms with van der Waals surface area (Å²) < 4.78 is 13.3. The normalized spacial score (nSPS) is 12.7. The molecule has 1 aliphatic rings. The maximum atomic E-state index is 13.3. The first kappa shape index (κ1) is 18.4. The first-order valence-electron chi connectivity index (χ1n) is 8.89. The van der Waals surface area contributed by atoms with Crippen molar-refractivity contribution < 1.29 is 18.8 Å². The minimum atomic E-state index is -0.496. The van der Waals surface area contributed by atoms with Gasteiger partial charge in [0, 0.05) is 16.8 Å². The number of anilines is 3. The molecule has 144 valence electrons. The number of carbonyl (C=O) groups is 3. The van der Waals surface area contributed by atoms with Crippen molar-refractivity contribution in [2.24, 2.45) is 0 Å². The molecule has 0 unspecified atom stereocenters. The fraction of sp³-hybridized carbons (Fsp3) is 0.0455. The molecule has 1 aliphatic heterocycles. The molecule has 0 radical (unpaired) electrons. The zero-order valence-corrected chi connectivity index (χ0v) is 15.2. The smallest absolute Gasteiger partial charge is 0.258 e. The SMILES string of the molecule is O=C1CN(C(=O)c2ccc(NC(=O)c3cccc(F)c3)cc2)c2ccccc2N1. The summed E-state index contributed by atoms with van der Waals surface area (Å²) in [4.78, 5) is 38.5. The lowest BCUT2D eigenvalue weighted by Gasteiger charge is -2.29. The number of rotatable bonds is 3. The molecule has 0 aromatic heterocycles. The Balaban J connectivity index is 1.52. The van der Waals surface area contributed by atoms with Gasteiger partial charge in [0.1, 0.15) is 12.4 Å². The van der Waals surface area contributed by atoms with Crippen LogP contribution in [0, 0.1) is 5.82 Å². The number of fused-ring (bicyclic) bond motifs is 1. The zero-order chi connectivity index (χ0) is 20.4. The monoisotopic (exact) mass is 389 g/mol. The van der Waals surface area contributed by atoms with E-state index in [4.69, 9.17) is 0 Å². The molecule has 0 aliphatic carbocycles. The zero-order valence-electron chi connectivity index (χ0n) is 15.2. The fourth-order valence-corrected chi connectivity index (χ4v) is 3.10. The number of halogens is 1. The van der Waals surface area contributed by atoms with Gasteiger partial charge >= 0.3 is 0 Å². The van der Waals surface area contributed by atoms with Crippen molar-refractivity contribution in [2.75, 3.05) is 22.1 Å². The molecular formula is C22H16FN3O3. The highest BCUT2D eigenvalue weighted by molar-refractivity contribution is 6.15. The Kier molecular flexibility index (Phi) is 4.78. The van der Waals surface area contributed by atoms with Gasteiger partial charge in [0.15, 0.2) is 0 Å². The molecule has 2 N–H and O–H groups in total. The molecule has 7 heteroatoms. The van der Waals surface area contributed by atoms with Crippen molar-refractivity contribution in [3.63, 3.8) is 0 Å². The molecule has 0 atom stereocenters. The van der Waals surface area contributed by atoms with Crippen molar-refractivity contribution in [1.29, 1.82) is 0 Å². The van der Waals surface area contributed by atoms with Gasteiger partial charge in [-0.2, -0.15) is 0 Å². The third-order valence-corrected chi connectivity index (χ3v) is 4.49. The molecule has 0 fully saturated rings. The predicted octanol–water partition coefficient (Wildman–Crippen LogP) is 3.68. The second-order valence-electron chi connectivity index (χ2n) is 6.50. The average molecular weight is 389 g/mol. The van der Waals surface area contributed by atoms with E-state index in [2.05, 4.69) is 10.6 Å². The summed E-state index contributed by atoms with van der Waals surface area (Å²) >= 11 is 0. The summed E-state index contributed by atoms with van der Waals surface area (Å²) in [6, 6.07) is 18.7. The van der Waals surface area contributed by atoms with Gasteiger partial charge in [0.05, 0.1) is 11.4 Å². The third kappa shape index (κ3) is 3.84. The molecule has 3 amide bonds. The number of nitrogens with one attached hydrogen (secondary N) is 2. The second kappa shape index (κ2) is 7.55. The van der Waals surface area contributed by atoms with Gasteiger partial charge in [-0.3, -0.25) is 19.3 Å². The first-order valence-corrected chi connectivity index (χ1v) is 8.89. The molecular weight excluding hydrogens is 373 g/mol. The molecule has 29 heavy (non-hydrogen) atoms. The largest absolute Gasteiger partial charge is 0.323 e. The van der Waals surface area contributed by atoms with Crippen LogP contribution >= 0.6 is 0 Å². The molecule has 0 saturated carbocycles. The Morgan fingerprint density at radius 2 is 1.69 bits per heavy atom. The minimum Gasteiger partial charge on any atom is -0.323 e. The van der Waals surface area contributed by atoms with Gasteiger partial charge in [-0.05, 0) is 54.6 Å². The number of para-hydroxylation sites is 2. The minimum absolute atomic E-state index is 0.0755. The average Bonchev–Trinajstić information content (AvgIpc) is 2.73. The van der Waals surface area contributed by atoms with Crippen molar-refractivity contribution in [3.8, 4) is 0 Å². The second-order valence-corrected chi connectivity index (χ2v) is 6.50. The van der Waals surface area contributed by atoms with E-state index < -0.39 is 11.7 Å². The van der Waals surface area contributed by atoms with Crippen molar-refractivity contribution in [3.05, 3.63) is 89.7 Å². The first-order chi connectivity index (χ1) is 14.0. The van der Waals surface area contributed by atoms with E-state index in [9.17, 15) is 18.8 Å². The topological polar surface area (TPSA) is 78.5 Å². The standard InChI is InChI=1S/C22H16FN3O3/c23-16-5-3-4-15(12-16)21(28)24-17-10-8-14(9-11-17)22(29)26-13-20(27)25-18-6-1-2-7-19(18)26/h1-12H,13H2,(H,24,28)(H,25,27). The number of carbonyl (C=O) groups excluding carboxylic acids is 3. The Morgan fingerprint density at radius 1 is 0.931 bits per heavy atom. The maximum Gasteiger partial charge on any atom is 0.258 e. The number of hydrogen-bond acceptors (Lipinski definition) is 3.